The van der Waals surface area contributed by atoms with Crippen LogP contribution in [-0.2, 0) is 14.3 Å². The minimum Gasteiger partial charge on any atom is -0.465 e. The number of amides is 1. The van der Waals surface area contributed by atoms with E-state index in [0.29, 0.717) is 12.6 Å². The number of hydrogen-bond acceptors (Lipinski definition) is 4. The first-order valence-corrected chi connectivity index (χ1v) is 6.59. The number of hydrogen-bond donors (Lipinski definition) is 1. The Bertz CT molecular complexity index is 509. The van der Waals surface area contributed by atoms with E-state index < -0.39 is 23.5 Å². The van der Waals surface area contributed by atoms with Gasteiger partial charge in [0.1, 0.15) is 11.6 Å². The van der Waals surface area contributed by atoms with Crippen LogP contribution in [0.2, 0.25) is 0 Å². The Balaban J connectivity index is 2.56. The van der Waals surface area contributed by atoms with Gasteiger partial charge >= 0.3 is 5.97 Å². The number of halogens is 2. The Morgan fingerprint density at radius 3 is 2.52 bits per heavy atom. The molecule has 0 aliphatic carbocycles. The van der Waals surface area contributed by atoms with Crippen LogP contribution in [0.25, 0.3) is 0 Å². The van der Waals surface area contributed by atoms with Gasteiger partial charge in [0, 0.05) is 6.07 Å². The molecule has 0 aliphatic rings. The smallest absolute Gasteiger partial charge is 0.320 e. The highest BCUT2D eigenvalue weighted by Crippen LogP contribution is 2.14. The number of nitrogens with one attached hydrogen (secondary N) is 1. The number of carbonyl (C=O) groups is 2. The van der Waals surface area contributed by atoms with Crippen molar-refractivity contribution in [2.24, 2.45) is 0 Å². The largest absolute Gasteiger partial charge is 0.465 e. The minimum absolute atomic E-state index is 0.0241. The van der Waals surface area contributed by atoms with Crippen molar-refractivity contribution in [3.8, 4) is 0 Å². The number of esters is 1. The van der Waals surface area contributed by atoms with Crippen LogP contribution < -0.4 is 5.32 Å². The SMILES string of the molecule is CCOC(=O)CN(CC)CC(=O)Nc1ccc(F)cc1F. The number of anilines is 1. The molecule has 1 aromatic rings. The van der Waals surface area contributed by atoms with Gasteiger partial charge in [0.25, 0.3) is 0 Å². The third-order valence-electron chi connectivity index (χ3n) is 2.68. The van der Waals surface area contributed by atoms with Gasteiger partial charge in [-0.05, 0) is 25.6 Å². The number of ether oxygens (including phenoxy) is 1. The first-order valence-electron chi connectivity index (χ1n) is 6.59. The van der Waals surface area contributed by atoms with Crippen LogP contribution in [0.15, 0.2) is 18.2 Å². The second-order valence-corrected chi connectivity index (χ2v) is 4.28. The standard InChI is InChI=1S/C14H18F2N2O3/c1-3-18(9-14(20)21-4-2)8-13(19)17-12-6-5-10(15)7-11(12)16/h5-7H,3-4,8-9H2,1-2H3,(H,17,19). The summed E-state index contributed by atoms with van der Waals surface area (Å²) in [5.41, 5.74) is -0.103. The molecule has 0 radical (unpaired) electrons. The molecule has 1 N–H and O–H groups in total. The van der Waals surface area contributed by atoms with Crippen LogP contribution in [0.3, 0.4) is 0 Å². The Kier molecular flexibility index (Phi) is 6.74. The molecule has 0 fully saturated rings. The normalized spacial score (nSPS) is 10.5. The number of benzene rings is 1. The van der Waals surface area contributed by atoms with Gasteiger partial charge in [0.15, 0.2) is 0 Å². The van der Waals surface area contributed by atoms with Crippen LogP contribution in [-0.4, -0.2) is 43.0 Å². The van der Waals surface area contributed by atoms with Gasteiger partial charge in [0.2, 0.25) is 5.91 Å². The molecule has 0 bridgehead atoms. The van der Waals surface area contributed by atoms with Gasteiger partial charge in [-0.1, -0.05) is 6.92 Å². The molecule has 0 saturated carbocycles. The van der Waals surface area contributed by atoms with Crippen molar-refractivity contribution in [3.63, 3.8) is 0 Å². The second kappa shape index (κ2) is 8.31. The zero-order valence-electron chi connectivity index (χ0n) is 12.0. The quantitative estimate of drug-likeness (QED) is 0.780. The maximum Gasteiger partial charge on any atom is 0.320 e. The van der Waals surface area contributed by atoms with Crippen LogP contribution >= 0.6 is 0 Å². The van der Waals surface area contributed by atoms with E-state index in [1.54, 1.807) is 18.7 Å². The summed E-state index contributed by atoms with van der Waals surface area (Å²) in [6, 6.07) is 2.88. The van der Waals surface area contributed by atoms with Crippen molar-refractivity contribution in [2.75, 3.05) is 31.6 Å². The fourth-order valence-corrected chi connectivity index (χ4v) is 1.65. The van der Waals surface area contributed by atoms with Crippen molar-refractivity contribution in [3.05, 3.63) is 29.8 Å². The van der Waals surface area contributed by atoms with E-state index in [1.165, 1.54) is 0 Å². The van der Waals surface area contributed by atoms with Gasteiger partial charge < -0.3 is 10.1 Å². The van der Waals surface area contributed by atoms with Crippen LogP contribution in [0, 0.1) is 11.6 Å². The van der Waals surface area contributed by atoms with E-state index in [9.17, 15) is 18.4 Å². The van der Waals surface area contributed by atoms with E-state index in [-0.39, 0.29) is 25.4 Å². The molecule has 0 aliphatic heterocycles. The molecule has 1 amide bonds. The molecule has 7 heteroatoms. The third kappa shape index (κ3) is 5.86. The Labute approximate surface area is 121 Å². The molecule has 5 nitrogen and oxygen atoms in total. The Morgan fingerprint density at radius 1 is 1.24 bits per heavy atom. The highest BCUT2D eigenvalue weighted by molar-refractivity contribution is 5.92. The summed E-state index contributed by atoms with van der Waals surface area (Å²) in [7, 11) is 0. The minimum atomic E-state index is -0.850. The van der Waals surface area contributed by atoms with Gasteiger partial charge in [0.05, 0.1) is 25.4 Å². The summed E-state index contributed by atoms with van der Waals surface area (Å²) in [6.07, 6.45) is 0. The fourth-order valence-electron chi connectivity index (χ4n) is 1.65. The number of likely N-dealkylation sites (N-methyl/N-ethyl adjacent to an activating group) is 1. The lowest BCUT2D eigenvalue weighted by Crippen LogP contribution is -2.37. The summed E-state index contributed by atoms with van der Waals surface area (Å²) >= 11 is 0. The summed E-state index contributed by atoms with van der Waals surface area (Å²) in [5.74, 6) is -2.49. The molecule has 1 rings (SSSR count). The molecule has 21 heavy (non-hydrogen) atoms. The maximum absolute atomic E-state index is 13.4. The molecule has 1 aromatic carbocycles. The highest BCUT2D eigenvalue weighted by Gasteiger charge is 2.15. The van der Waals surface area contributed by atoms with Crippen molar-refractivity contribution in [2.45, 2.75) is 13.8 Å². The predicted octanol–water partition coefficient (Wildman–Crippen LogP) is 1.79. The Hall–Kier alpha value is -2.02. The average molecular weight is 300 g/mol. The van der Waals surface area contributed by atoms with Crippen LogP contribution in [0.1, 0.15) is 13.8 Å². The molecule has 0 aromatic heterocycles. The van der Waals surface area contributed by atoms with E-state index in [0.717, 1.165) is 12.1 Å². The topological polar surface area (TPSA) is 58.6 Å². The monoisotopic (exact) mass is 300 g/mol. The van der Waals surface area contributed by atoms with E-state index >= 15 is 0 Å². The van der Waals surface area contributed by atoms with Crippen LogP contribution in [0.4, 0.5) is 14.5 Å². The maximum atomic E-state index is 13.4. The highest BCUT2D eigenvalue weighted by atomic mass is 19.1. The predicted molar refractivity (Wildman–Crippen MR) is 73.7 cm³/mol. The fraction of sp³-hybridized carbons (Fsp3) is 0.429. The number of nitrogens with zero attached hydrogens (tertiary/aromatic N) is 1. The van der Waals surface area contributed by atoms with Gasteiger partial charge in [-0.2, -0.15) is 0 Å². The lowest BCUT2D eigenvalue weighted by Gasteiger charge is -2.18. The second-order valence-electron chi connectivity index (χ2n) is 4.28. The van der Waals surface area contributed by atoms with E-state index in [1.807, 2.05) is 0 Å². The van der Waals surface area contributed by atoms with Crippen molar-refractivity contribution in [1.82, 2.24) is 4.90 Å². The first-order chi connectivity index (χ1) is 9.96. The van der Waals surface area contributed by atoms with Gasteiger partial charge in [-0.3, -0.25) is 14.5 Å². The summed E-state index contributed by atoms with van der Waals surface area (Å²) in [4.78, 5) is 24.7. The van der Waals surface area contributed by atoms with E-state index in [2.05, 4.69) is 5.32 Å². The van der Waals surface area contributed by atoms with Crippen molar-refractivity contribution >= 4 is 17.6 Å². The lowest BCUT2D eigenvalue weighted by atomic mass is 10.3. The van der Waals surface area contributed by atoms with Gasteiger partial charge in [-0.25, -0.2) is 8.78 Å². The molecular formula is C14H18F2N2O3. The first kappa shape index (κ1) is 17.0. The molecular weight excluding hydrogens is 282 g/mol. The Morgan fingerprint density at radius 2 is 1.95 bits per heavy atom. The molecule has 0 heterocycles. The van der Waals surface area contributed by atoms with E-state index in [4.69, 9.17) is 4.74 Å². The number of rotatable bonds is 7. The van der Waals surface area contributed by atoms with Crippen molar-refractivity contribution < 1.29 is 23.1 Å². The summed E-state index contributed by atoms with van der Waals surface area (Å²) < 4.78 is 30.9. The average Bonchev–Trinajstić information content (AvgIpc) is 2.41. The summed E-state index contributed by atoms with van der Waals surface area (Å²) in [5, 5.41) is 2.33. The van der Waals surface area contributed by atoms with Crippen LogP contribution in [0.5, 0.6) is 0 Å². The number of carbonyl (C=O) groups excluding carboxylic acids is 2. The summed E-state index contributed by atoms with van der Waals surface area (Å²) in [6.45, 7) is 4.08. The molecule has 116 valence electrons. The van der Waals surface area contributed by atoms with Crippen molar-refractivity contribution in [1.29, 1.82) is 0 Å². The lowest BCUT2D eigenvalue weighted by molar-refractivity contribution is -0.144. The molecule has 0 atom stereocenters. The molecule has 0 spiro atoms. The van der Waals surface area contributed by atoms with Gasteiger partial charge in [-0.15, -0.1) is 0 Å². The zero-order chi connectivity index (χ0) is 15.8. The zero-order valence-corrected chi connectivity index (χ0v) is 12.0. The molecule has 0 saturated heterocycles. The third-order valence-corrected chi connectivity index (χ3v) is 2.68. The molecule has 0 unspecified atom stereocenters.